The van der Waals surface area contributed by atoms with Crippen molar-refractivity contribution in [1.29, 1.82) is 0 Å². The minimum atomic E-state index is -4.29. The minimum absolute atomic E-state index is 0.0376. The summed E-state index contributed by atoms with van der Waals surface area (Å²) < 4.78 is 41.9. The second-order valence-corrected chi connectivity index (χ2v) is 5.84. The number of alkyl halides is 4. The van der Waals surface area contributed by atoms with E-state index in [0.717, 1.165) is 4.47 Å². The van der Waals surface area contributed by atoms with Crippen LogP contribution in [-0.2, 0) is 11.4 Å². The van der Waals surface area contributed by atoms with Gasteiger partial charge in [-0.2, -0.15) is 13.2 Å². The standard InChI is InChI=1S/C12H9BrClF3N2/c13-7-1-2-8-9(5-7)19(10(6-14)18-8)11(3-4-11)12(15,16)17/h1-2,5H,3-4,6H2. The number of nitrogens with zero attached hydrogens (tertiary/aromatic N) is 2. The third-order valence-electron chi connectivity index (χ3n) is 3.48. The van der Waals surface area contributed by atoms with E-state index in [1.165, 1.54) is 4.57 Å². The number of hydrogen-bond donors (Lipinski definition) is 0. The molecule has 1 aromatic heterocycles. The fourth-order valence-electron chi connectivity index (χ4n) is 2.42. The normalized spacial score (nSPS) is 17.9. The molecule has 0 amide bonds. The molecule has 0 spiro atoms. The van der Waals surface area contributed by atoms with Gasteiger partial charge >= 0.3 is 6.18 Å². The van der Waals surface area contributed by atoms with Crippen molar-refractivity contribution in [3.05, 3.63) is 28.5 Å². The molecular formula is C12H9BrClF3N2. The molecule has 1 fully saturated rings. The van der Waals surface area contributed by atoms with Crippen LogP contribution in [-0.4, -0.2) is 15.7 Å². The van der Waals surface area contributed by atoms with Crippen LogP contribution < -0.4 is 0 Å². The van der Waals surface area contributed by atoms with Crippen LogP contribution in [0, 0.1) is 0 Å². The summed E-state index contributed by atoms with van der Waals surface area (Å²) in [5.74, 6) is 0.231. The molecule has 1 heterocycles. The van der Waals surface area contributed by atoms with E-state index in [2.05, 4.69) is 20.9 Å². The van der Waals surface area contributed by atoms with Gasteiger partial charge < -0.3 is 4.57 Å². The zero-order valence-electron chi connectivity index (χ0n) is 9.64. The molecule has 1 aliphatic rings. The second kappa shape index (κ2) is 4.12. The van der Waals surface area contributed by atoms with E-state index in [-0.39, 0.29) is 24.5 Å². The van der Waals surface area contributed by atoms with Crippen molar-refractivity contribution in [3.63, 3.8) is 0 Å². The predicted molar refractivity (Wildman–Crippen MR) is 70.3 cm³/mol. The lowest BCUT2D eigenvalue weighted by Crippen LogP contribution is -2.35. The summed E-state index contributed by atoms with van der Waals surface area (Å²) in [6.45, 7) is 0. The van der Waals surface area contributed by atoms with Crippen LogP contribution in [0.25, 0.3) is 11.0 Å². The number of fused-ring (bicyclic) bond motifs is 1. The largest absolute Gasteiger partial charge is 0.412 e. The zero-order valence-corrected chi connectivity index (χ0v) is 12.0. The molecule has 2 aromatic rings. The maximum Gasteiger partial charge on any atom is 0.412 e. The first kappa shape index (κ1) is 13.2. The molecule has 102 valence electrons. The van der Waals surface area contributed by atoms with Gasteiger partial charge in [0.15, 0.2) is 0 Å². The number of aromatic nitrogens is 2. The topological polar surface area (TPSA) is 17.8 Å². The fraction of sp³-hybridized carbons (Fsp3) is 0.417. The molecule has 1 aliphatic carbocycles. The summed E-state index contributed by atoms with van der Waals surface area (Å²) in [5.41, 5.74) is -0.818. The molecule has 0 saturated heterocycles. The quantitative estimate of drug-likeness (QED) is 0.722. The van der Waals surface area contributed by atoms with Crippen molar-refractivity contribution < 1.29 is 13.2 Å². The number of benzene rings is 1. The first-order valence-corrected chi connectivity index (χ1v) is 7.02. The van der Waals surface area contributed by atoms with E-state index < -0.39 is 11.7 Å². The van der Waals surface area contributed by atoms with Gasteiger partial charge in [-0.15, -0.1) is 11.6 Å². The lowest BCUT2D eigenvalue weighted by atomic mass is 10.2. The lowest BCUT2D eigenvalue weighted by Gasteiger charge is -2.23. The van der Waals surface area contributed by atoms with Crippen molar-refractivity contribution >= 4 is 38.6 Å². The summed E-state index contributed by atoms with van der Waals surface area (Å²) in [5, 5.41) is 0. The monoisotopic (exact) mass is 352 g/mol. The molecule has 0 atom stereocenters. The third kappa shape index (κ3) is 1.88. The summed E-state index contributed by atoms with van der Waals surface area (Å²) in [6.07, 6.45) is -4.12. The molecule has 0 aliphatic heterocycles. The van der Waals surface area contributed by atoms with Crippen molar-refractivity contribution in [2.45, 2.75) is 30.4 Å². The molecule has 0 unspecified atom stereocenters. The number of rotatable bonds is 2. The molecule has 0 N–H and O–H groups in total. The Labute approximate surface area is 120 Å². The van der Waals surface area contributed by atoms with Crippen LogP contribution in [0.5, 0.6) is 0 Å². The summed E-state index contributed by atoms with van der Waals surface area (Å²) in [7, 11) is 0. The van der Waals surface area contributed by atoms with Gasteiger partial charge in [0.25, 0.3) is 0 Å². The Hall–Kier alpha value is -0.750. The van der Waals surface area contributed by atoms with Gasteiger partial charge in [-0.25, -0.2) is 4.98 Å². The Bertz CT molecular complexity index is 646. The highest BCUT2D eigenvalue weighted by Gasteiger charge is 2.65. The second-order valence-electron chi connectivity index (χ2n) is 4.66. The Morgan fingerprint density at radius 3 is 2.58 bits per heavy atom. The number of halogens is 5. The molecule has 1 saturated carbocycles. The van der Waals surface area contributed by atoms with Crippen molar-refractivity contribution in [3.8, 4) is 0 Å². The van der Waals surface area contributed by atoms with Crippen LogP contribution >= 0.6 is 27.5 Å². The van der Waals surface area contributed by atoms with Crippen LogP contribution in [0.3, 0.4) is 0 Å². The Morgan fingerprint density at radius 1 is 1.37 bits per heavy atom. The number of imidazole rings is 1. The van der Waals surface area contributed by atoms with Crippen molar-refractivity contribution in [2.75, 3.05) is 0 Å². The average molecular weight is 354 g/mol. The summed E-state index contributed by atoms with van der Waals surface area (Å²) in [6, 6.07) is 5.10. The molecule has 2 nitrogen and oxygen atoms in total. The Kier molecular flexibility index (Phi) is 2.87. The van der Waals surface area contributed by atoms with E-state index in [1.54, 1.807) is 18.2 Å². The molecular weight excluding hydrogens is 344 g/mol. The summed E-state index contributed by atoms with van der Waals surface area (Å²) in [4.78, 5) is 4.20. The van der Waals surface area contributed by atoms with Crippen LogP contribution in [0.1, 0.15) is 18.7 Å². The van der Waals surface area contributed by atoms with Gasteiger partial charge in [0, 0.05) is 4.47 Å². The van der Waals surface area contributed by atoms with E-state index in [4.69, 9.17) is 11.6 Å². The predicted octanol–water partition coefficient (Wildman–Crippen LogP) is 4.59. The average Bonchev–Trinajstić information content (AvgIpc) is 3.05. The van der Waals surface area contributed by atoms with Crippen LogP contribution in [0.2, 0.25) is 0 Å². The Morgan fingerprint density at radius 2 is 2.05 bits per heavy atom. The maximum absolute atomic E-state index is 13.3. The SMILES string of the molecule is FC(F)(F)C1(n2c(CCl)nc3ccc(Br)cc32)CC1. The highest BCUT2D eigenvalue weighted by molar-refractivity contribution is 9.10. The molecule has 0 radical (unpaired) electrons. The molecule has 3 rings (SSSR count). The van der Waals surface area contributed by atoms with E-state index in [0.29, 0.717) is 11.0 Å². The lowest BCUT2D eigenvalue weighted by molar-refractivity contribution is -0.179. The summed E-state index contributed by atoms with van der Waals surface area (Å²) >= 11 is 9.04. The molecule has 1 aromatic carbocycles. The van der Waals surface area contributed by atoms with Gasteiger partial charge in [-0.1, -0.05) is 15.9 Å². The van der Waals surface area contributed by atoms with Gasteiger partial charge in [0.05, 0.1) is 16.9 Å². The Balaban J connectivity index is 2.30. The van der Waals surface area contributed by atoms with Crippen LogP contribution in [0.15, 0.2) is 22.7 Å². The van der Waals surface area contributed by atoms with Crippen LogP contribution in [0.4, 0.5) is 13.2 Å². The third-order valence-corrected chi connectivity index (χ3v) is 4.22. The number of hydrogen-bond acceptors (Lipinski definition) is 1. The smallest absolute Gasteiger partial charge is 0.311 e. The van der Waals surface area contributed by atoms with Crippen molar-refractivity contribution in [1.82, 2.24) is 9.55 Å². The first-order chi connectivity index (χ1) is 8.89. The van der Waals surface area contributed by atoms with E-state index >= 15 is 0 Å². The molecule has 0 bridgehead atoms. The van der Waals surface area contributed by atoms with Gasteiger partial charge in [-0.3, -0.25) is 0 Å². The van der Waals surface area contributed by atoms with E-state index in [9.17, 15) is 13.2 Å². The van der Waals surface area contributed by atoms with Gasteiger partial charge in [-0.05, 0) is 31.0 Å². The zero-order chi connectivity index (χ0) is 13.8. The maximum atomic E-state index is 13.3. The van der Waals surface area contributed by atoms with Crippen molar-refractivity contribution in [2.24, 2.45) is 0 Å². The minimum Gasteiger partial charge on any atom is -0.311 e. The fourth-order valence-corrected chi connectivity index (χ4v) is 2.95. The molecule has 7 heteroatoms. The molecule has 19 heavy (non-hydrogen) atoms. The first-order valence-electron chi connectivity index (χ1n) is 5.69. The van der Waals surface area contributed by atoms with E-state index in [1.807, 2.05) is 0 Å². The highest BCUT2D eigenvalue weighted by Crippen LogP contribution is 2.57. The van der Waals surface area contributed by atoms with Gasteiger partial charge in [0.1, 0.15) is 11.4 Å². The van der Waals surface area contributed by atoms with Gasteiger partial charge in [0.2, 0.25) is 0 Å². The highest BCUT2D eigenvalue weighted by atomic mass is 79.9.